The number of hydrazine groups is 1. The summed E-state index contributed by atoms with van der Waals surface area (Å²) >= 11 is 0. The fourth-order valence-electron chi connectivity index (χ4n) is 2.51. The van der Waals surface area contributed by atoms with E-state index in [2.05, 4.69) is 17.2 Å². The van der Waals surface area contributed by atoms with Gasteiger partial charge in [-0.25, -0.2) is 5.84 Å². The highest BCUT2D eigenvalue weighted by Gasteiger charge is 2.28. The first kappa shape index (κ1) is 14.4. The van der Waals surface area contributed by atoms with Gasteiger partial charge in [-0.3, -0.25) is 15.1 Å². The molecule has 0 bridgehead atoms. The second-order valence-corrected chi connectivity index (χ2v) is 5.04. The van der Waals surface area contributed by atoms with Crippen molar-refractivity contribution in [3.05, 3.63) is 0 Å². The molecule has 4 N–H and O–H groups in total. The summed E-state index contributed by atoms with van der Waals surface area (Å²) in [6.45, 7) is 2.09. The number of aliphatic hydroxyl groups is 1. The maximum atomic E-state index is 11.1. The van der Waals surface area contributed by atoms with Crippen molar-refractivity contribution in [2.75, 3.05) is 7.05 Å². The molecule has 0 aliphatic heterocycles. The monoisotopic (exact) mass is 243 g/mol. The molecule has 5 heteroatoms. The van der Waals surface area contributed by atoms with Crippen LogP contribution in [0.5, 0.6) is 0 Å². The lowest BCUT2D eigenvalue weighted by molar-refractivity contribution is -0.121. The maximum Gasteiger partial charge on any atom is 0.233 e. The predicted molar refractivity (Wildman–Crippen MR) is 67.1 cm³/mol. The highest BCUT2D eigenvalue weighted by molar-refractivity contribution is 5.75. The highest BCUT2D eigenvalue weighted by Crippen LogP contribution is 2.24. The van der Waals surface area contributed by atoms with Gasteiger partial charge in [0.1, 0.15) is 0 Å². The van der Waals surface area contributed by atoms with Crippen LogP contribution >= 0.6 is 0 Å². The van der Waals surface area contributed by atoms with Crippen LogP contribution in [0.4, 0.5) is 0 Å². The molecule has 0 spiro atoms. The van der Waals surface area contributed by atoms with Gasteiger partial charge in [0.25, 0.3) is 0 Å². The summed E-state index contributed by atoms with van der Waals surface area (Å²) in [5.74, 6) is 4.92. The van der Waals surface area contributed by atoms with Crippen LogP contribution in [-0.2, 0) is 4.79 Å². The number of nitrogens with zero attached hydrogens (tertiary/aromatic N) is 1. The predicted octanol–water partition coefficient (Wildman–Crippen LogP) is 0.380. The van der Waals surface area contributed by atoms with Crippen LogP contribution in [0, 0.1) is 0 Å². The Hall–Kier alpha value is -0.650. The zero-order valence-electron chi connectivity index (χ0n) is 10.9. The SMILES string of the molecule is CC(CCC(=O)NN)N(C)C1CCCCC1O. The van der Waals surface area contributed by atoms with Gasteiger partial charge in [-0.15, -0.1) is 0 Å². The quantitative estimate of drug-likeness (QED) is 0.370. The van der Waals surface area contributed by atoms with Gasteiger partial charge in [-0.1, -0.05) is 12.8 Å². The minimum Gasteiger partial charge on any atom is -0.391 e. The minimum absolute atomic E-state index is 0.130. The van der Waals surface area contributed by atoms with E-state index in [9.17, 15) is 9.90 Å². The zero-order chi connectivity index (χ0) is 12.8. The molecule has 1 saturated carbocycles. The average Bonchev–Trinajstić information content (AvgIpc) is 2.35. The second-order valence-electron chi connectivity index (χ2n) is 5.04. The molecule has 0 aromatic carbocycles. The largest absolute Gasteiger partial charge is 0.391 e. The first-order valence-corrected chi connectivity index (χ1v) is 6.45. The van der Waals surface area contributed by atoms with E-state index in [-0.39, 0.29) is 24.1 Å². The summed E-state index contributed by atoms with van der Waals surface area (Å²) < 4.78 is 0. The molecule has 0 aromatic heterocycles. The summed E-state index contributed by atoms with van der Waals surface area (Å²) in [6, 6.07) is 0.518. The molecule has 17 heavy (non-hydrogen) atoms. The lowest BCUT2D eigenvalue weighted by Crippen LogP contribution is -2.47. The van der Waals surface area contributed by atoms with Gasteiger partial charge in [-0.05, 0) is 33.2 Å². The van der Waals surface area contributed by atoms with Crippen LogP contribution in [0.15, 0.2) is 0 Å². The van der Waals surface area contributed by atoms with Crippen LogP contribution in [0.1, 0.15) is 45.4 Å². The number of aliphatic hydroxyl groups excluding tert-OH is 1. The summed E-state index contributed by atoms with van der Waals surface area (Å²) in [6.07, 6.45) is 5.22. The third-order valence-corrected chi connectivity index (χ3v) is 3.86. The Morgan fingerprint density at radius 1 is 1.53 bits per heavy atom. The molecule has 100 valence electrons. The number of likely N-dealkylation sites (N-methyl/N-ethyl adjacent to an activating group) is 1. The van der Waals surface area contributed by atoms with Crippen LogP contribution in [-0.4, -0.2) is 41.1 Å². The minimum atomic E-state index is -0.223. The number of nitrogens with one attached hydrogen (secondary N) is 1. The van der Waals surface area contributed by atoms with E-state index in [0.717, 1.165) is 25.7 Å². The normalized spacial score (nSPS) is 26.9. The Kier molecular flexibility index (Phi) is 5.88. The third kappa shape index (κ3) is 4.26. The fraction of sp³-hybridized carbons (Fsp3) is 0.917. The average molecular weight is 243 g/mol. The van der Waals surface area contributed by atoms with Gasteiger partial charge in [0.15, 0.2) is 0 Å². The van der Waals surface area contributed by atoms with Crippen molar-refractivity contribution in [1.29, 1.82) is 0 Å². The van der Waals surface area contributed by atoms with Gasteiger partial charge < -0.3 is 5.11 Å². The molecular weight excluding hydrogens is 218 g/mol. The molecule has 0 saturated heterocycles. The molecule has 1 aliphatic carbocycles. The topological polar surface area (TPSA) is 78.6 Å². The van der Waals surface area contributed by atoms with Gasteiger partial charge in [0.05, 0.1) is 6.10 Å². The highest BCUT2D eigenvalue weighted by atomic mass is 16.3. The first-order valence-electron chi connectivity index (χ1n) is 6.45. The molecule has 5 nitrogen and oxygen atoms in total. The van der Waals surface area contributed by atoms with Crippen LogP contribution < -0.4 is 11.3 Å². The zero-order valence-corrected chi connectivity index (χ0v) is 10.9. The molecular formula is C12H25N3O2. The molecule has 3 unspecified atom stereocenters. The van der Waals surface area contributed by atoms with Crippen LogP contribution in [0.25, 0.3) is 0 Å². The van der Waals surface area contributed by atoms with Crippen molar-refractivity contribution in [3.63, 3.8) is 0 Å². The number of amides is 1. The number of rotatable bonds is 5. The van der Waals surface area contributed by atoms with E-state index in [1.54, 1.807) is 0 Å². The lowest BCUT2D eigenvalue weighted by atomic mass is 9.90. The third-order valence-electron chi connectivity index (χ3n) is 3.86. The molecule has 1 amide bonds. The summed E-state index contributed by atoms with van der Waals surface area (Å²) in [5.41, 5.74) is 2.14. The Labute approximate surface area is 103 Å². The van der Waals surface area contributed by atoms with Gasteiger partial charge in [0.2, 0.25) is 5.91 Å². The second kappa shape index (κ2) is 6.93. The van der Waals surface area contributed by atoms with Crippen LogP contribution in [0.3, 0.4) is 0 Å². The van der Waals surface area contributed by atoms with Gasteiger partial charge in [0, 0.05) is 18.5 Å². The Balaban J connectivity index is 2.39. The van der Waals surface area contributed by atoms with E-state index in [0.29, 0.717) is 6.42 Å². The van der Waals surface area contributed by atoms with E-state index >= 15 is 0 Å². The van der Waals surface area contributed by atoms with E-state index in [4.69, 9.17) is 5.84 Å². The van der Waals surface area contributed by atoms with Crippen molar-refractivity contribution < 1.29 is 9.90 Å². The smallest absolute Gasteiger partial charge is 0.233 e. The maximum absolute atomic E-state index is 11.1. The van der Waals surface area contributed by atoms with Crippen molar-refractivity contribution in [1.82, 2.24) is 10.3 Å². The van der Waals surface area contributed by atoms with Gasteiger partial charge in [-0.2, -0.15) is 0 Å². The summed E-state index contributed by atoms with van der Waals surface area (Å²) in [5, 5.41) is 9.97. The number of carbonyl (C=O) groups is 1. The Bertz CT molecular complexity index is 248. The van der Waals surface area contributed by atoms with Crippen LogP contribution in [0.2, 0.25) is 0 Å². The number of carbonyl (C=O) groups excluding carboxylic acids is 1. The summed E-state index contributed by atoms with van der Waals surface area (Å²) in [7, 11) is 2.03. The Morgan fingerprint density at radius 2 is 2.18 bits per heavy atom. The lowest BCUT2D eigenvalue weighted by Gasteiger charge is -2.38. The van der Waals surface area contributed by atoms with Gasteiger partial charge >= 0.3 is 0 Å². The van der Waals surface area contributed by atoms with E-state index < -0.39 is 0 Å². The molecule has 1 rings (SSSR count). The van der Waals surface area contributed by atoms with E-state index in [1.807, 2.05) is 7.05 Å². The number of hydrogen-bond donors (Lipinski definition) is 3. The molecule has 0 radical (unpaired) electrons. The number of nitrogens with two attached hydrogens (primary N) is 1. The molecule has 0 aromatic rings. The fourth-order valence-corrected chi connectivity index (χ4v) is 2.51. The standard InChI is InChI=1S/C12H25N3O2/c1-9(7-8-12(17)14-13)15(2)10-5-3-4-6-11(10)16/h9-11,16H,3-8,13H2,1-2H3,(H,14,17). The Morgan fingerprint density at radius 3 is 2.76 bits per heavy atom. The van der Waals surface area contributed by atoms with Crippen molar-refractivity contribution in [3.8, 4) is 0 Å². The van der Waals surface area contributed by atoms with Crippen molar-refractivity contribution in [2.24, 2.45) is 5.84 Å². The van der Waals surface area contributed by atoms with E-state index in [1.165, 1.54) is 6.42 Å². The molecule has 0 heterocycles. The van der Waals surface area contributed by atoms with Crippen molar-refractivity contribution in [2.45, 2.75) is 63.6 Å². The summed E-state index contributed by atoms with van der Waals surface area (Å²) in [4.78, 5) is 13.3. The number of hydrogen-bond acceptors (Lipinski definition) is 4. The first-order chi connectivity index (χ1) is 8.06. The molecule has 1 fully saturated rings. The molecule has 1 aliphatic rings. The molecule has 3 atom stereocenters. The van der Waals surface area contributed by atoms with Crippen molar-refractivity contribution >= 4 is 5.91 Å².